The smallest absolute Gasteiger partial charge is 0.189 e. The number of carbonyl (C=O) groups excluding carboxylic acids is 2. The molecule has 1 aliphatic heterocycles. The number of hydrogen-bond donors (Lipinski definition) is 0. The second kappa shape index (κ2) is 2.65. The standard InChI is InChI=1S/C9H7NO3/c1-13-8-4-10-9-6(8)2-5(11)3-7(9)12/h2,4H,3H2,1H3. The second-order valence-corrected chi connectivity index (χ2v) is 2.80. The van der Waals surface area contributed by atoms with Crippen LogP contribution in [0.2, 0.25) is 0 Å². The lowest BCUT2D eigenvalue weighted by atomic mass is 9.95. The van der Waals surface area contributed by atoms with Crippen LogP contribution in [0, 0.1) is 0 Å². The molecule has 0 spiro atoms. The topological polar surface area (TPSA) is 55.7 Å². The van der Waals surface area contributed by atoms with Crippen LogP contribution in [0.4, 0.5) is 0 Å². The van der Waals surface area contributed by atoms with E-state index in [-0.39, 0.29) is 18.0 Å². The number of ketones is 2. The lowest BCUT2D eigenvalue weighted by molar-refractivity contribution is -0.121. The summed E-state index contributed by atoms with van der Waals surface area (Å²) in [5.74, 6) is 0.0611. The van der Waals surface area contributed by atoms with Crippen molar-refractivity contribution in [2.45, 2.75) is 6.42 Å². The quantitative estimate of drug-likeness (QED) is 0.544. The first-order chi connectivity index (χ1) is 6.22. The third-order valence-electron chi connectivity index (χ3n) is 1.96. The third kappa shape index (κ3) is 1.11. The predicted molar refractivity (Wildman–Crippen MR) is 45.2 cm³/mol. The summed E-state index contributed by atoms with van der Waals surface area (Å²) in [6.07, 6.45) is 2.79. The van der Waals surface area contributed by atoms with Gasteiger partial charge in [0.1, 0.15) is 11.5 Å². The molecule has 0 amide bonds. The molecule has 0 aromatic carbocycles. The zero-order valence-electron chi connectivity index (χ0n) is 7.03. The zero-order valence-corrected chi connectivity index (χ0v) is 7.03. The van der Waals surface area contributed by atoms with Gasteiger partial charge in [-0.15, -0.1) is 0 Å². The molecule has 0 bridgehead atoms. The van der Waals surface area contributed by atoms with Gasteiger partial charge in [-0.2, -0.15) is 0 Å². The Bertz CT molecular complexity index is 388. The second-order valence-electron chi connectivity index (χ2n) is 2.80. The van der Waals surface area contributed by atoms with Gasteiger partial charge in [-0.25, -0.2) is 4.99 Å². The van der Waals surface area contributed by atoms with Gasteiger partial charge in [-0.3, -0.25) is 9.59 Å². The van der Waals surface area contributed by atoms with Gasteiger partial charge in [-0.05, 0) is 6.08 Å². The molecule has 4 heteroatoms. The van der Waals surface area contributed by atoms with Crippen LogP contribution < -0.4 is 0 Å². The minimum Gasteiger partial charge on any atom is -0.494 e. The fraction of sp³-hybridized carbons (Fsp3) is 0.222. The first-order valence-corrected chi connectivity index (χ1v) is 3.83. The minimum atomic E-state index is -0.231. The van der Waals surface area contributed by atoms with Gasteiger partial charge in [-0.1, -0.05) is 0 Å². The molecule has 0 saturated carbocycles. The molecule has 1 heterocycles. The molecule has 13 heavy (non-hydrogen) atoms. The monoisotopic (exact) mass is 177 g/mol. The van der Waals surface area contributed by atoms with Crippen molar-refractivity contribution < 1.29 is 14.3 Å². The van der Waals surface area contributed by atoms with Crippen LogP contribution in [0.1, 0.15) is 6.42 Å². The summed E-state index contributed by atoms with van der Waals surface area (Å²) < 4.78 is 4.95. The first-order valence-electron chi connectivity index (χ1n) is 3.83. The summed E-state index contributed by atoms with van der Waals surface area (Å²) in [7, 11) is 1.48. The van der Waals surface area contributed by atoms with Gasteiger partial charge in [0.05, 0.1) is 25.3 Å². The molecule has 2 rings (SSSR count). The number of carbonyl (C=O) groups is 2. The Labute approximate surface area is 74.6 Å². The number of rotatable bonds is 1. The number of hydrogen-bond acceptors (Lipinski definition) is 4. The van der Waals surface area contributed by atoms with Crippen molar-refractivity contribution in [3.05, 3.63) is 23.6 Å². The van der Waals surface area contributed by atoms with Crippen LogP contribution in [-0.2, 0) is 14.3 Å². The average Bonchev–Trinajstić information content (AvgIpc) is 2.47. The van der Waals surface area contributed by atoms with Crippen molar-refractivity contribution in [1.29, 1.82) is 0 Å². The molecule has 0 saturated heterocycles. The molecule has 0 fully saturated rings. The highest BCUT2D eigenvalue weighted by atomic mass is 16.5. The molecular formula is C9H7NO3. The van der Waals surface area contributed by atoms with Gasteiger partial charge < -0.3 is 4.74 Å². The molecule has 0 N–H and O–H groups in total. The molecule has 0 unspecified atom stereocenters. The molecule has 4 nitrogen and oxygen atoms in total. The van der Waals surface area contributed by atoms with Crippen molar-refractivity contribution in [3.8, 4) is 0 Å². The summed E-state index contributed by atoms with van der Waals surface area (Å²) in [6, 6.07) is 0. The minimum absolute atomic E-state index is 0.0762. The van der Waals surface area contributed by atoms with E-state index in [0.717, 1.165) is 0 Å². The Hall–Kier alpha value is -1.71. The van der Waals surface area contributed by atoms with E-state index in [2.05, 4.69) is 4.99 Å². The number of fused-ring (bicyclic) bond motifs is 1. The van der Waals surface area contributed by atoms with Gasteiger partial charge in [0, 0.05) is 0 Å². The van der Waals surface area contributed by atoms with Crippen LogP contribution in [0.25, 0.3) is 0 Å². The maximum atomic E-state index is 11.3. The number of allylic oxidation sites excluding steroid dienone is 2. The zero-order chi connectivity index (χ0) is 9.42. The van der Waals surface area contributed by atoms with Crippen molar-refractivity contribution in [2.24, 2.45) is 4.99 Å². The highest BCUT2D eigenvalue weighted by Crippen LogP contribution is 2.24. The normalized spacial score (nSPS) is 20.5. The highest BCUT2D eigenvalue weighted by molar-refractivity contribution is 6.53. The highest BCUT2D eigenvalue weighted by Gasteiger charge is 2.30. The van der Waals surface area contributed by atoms with Crippen molar-refractivity contribution in [3.63, 3.8) is 0 Å². The maximum Gasteiger partial charge on any atom is 0.189 e. The van der Waals surface area contributed by atoms with E-state index in [9.17, 15) is 9.59 Å². The van der Waals surface area contributed by atoms with Gasteiger partial charge in [0.2, 0.25) is 0 Å². The summed E-state index contributed by atoms with van der Waals surface area (Å²) >= 11 is 0. The molecule has 0 aromatic heterocycles. The van der Waals surface area contributed by atoms with Gasteiger partial charge in [0.15, 0.2) is 11.6 Å². The van der Waals surface area contributed by atoms with Crippen molar-refractivity contribution in [2.75, 3.05) is 7.11 Å². The van der Waals surface area contributed by atoms with E-state index in [1.807, 2.05) is 0 Å². The summed E-state index contributed by atoms with van der Waals surface area (Å²) in [6.45, 7) is 0. The molecule has 0 aromatic rings. The van der Waals surface area contributed by atoms with Crippen molar-refractivity contribution >= 4 is 17.3 Å². The fourth-order valence-electron chi connectivity index (χ4n) is 1.36. The Balaban J connectivity index is 2.46. The van der Waals surface area contributed by atoms with Gasteiger partial charge >= 0.3 is 0 Å². The molecular weight excluding hydrogens is 170 g/mol. The van der Waals surface area contributed by atoms with Crippen LogP contribution in [0.3, 0.4) is 0 Å². The van der Waals surface area contributed by atoms with Crippen LogP contribution in [0.15, 0.2) is 28.6 Å². The lowest BCUT2D eigenvalue weighted by Crippen LogP contribution is -2.24. The average molecular weight is 177 g/mol. The Morgan fingerprint density at radius 1 is 1.46 bits per heavy atom. The van der Waals surface area contributed by atoms with Crippen LogP contribution >= 0.6 is 0 Å². The van der Waals surface area contributed by atoms with E-state index in [1.54, 1.807) is 0 Å². The number of nitrogens with zero attached hydrogens (tertiary/aromatic N) is 1. The molecule has 0 atom stereocenters. The van der Waals surface area contributed by atoms with Crippen LogP contribution in [0.5, 0.6) is 0 Å². The molecule has 2 aliphatic rings. The Morgan fingerprint density at radius 3 is 2.92 bits per heavy atom. The van der Waals surface area contributed by atoms with Crippen molar-refractivity contribution in [1.82, 2.24) is 0 Å². The molecule has 0 radical (unpaired) electrons. The van der Waals surface area contributed by atoms with Gasteiger partial charge in [0.25, 0.3) is 0 Å². The predicted octanol–water partition coefficient (Wildman–Crippen LogP) is 0.397. The van der Waals surface area contributed by atoms with E-state index >= 15 is 0 Å². The number of aliphatic imine (C=N–C) groups is 1. The Kier molecular flexibility index (Phi) is 1.62. The summed E-state index contributed by atoms with van der Waals surface area (Å²) in [5, 5.41) is 0. The number of ether oxygens (including phenoxy) is 1. The summed E-state index contributed by atoms with van der Waals surface area (Å²) in [5.41, 5.74) is 0.861. The van der Waals surface area contributed by atoms with E-state index in [4.69, 9.17) is 4.74 Å². The van der Waals surface area contributed by atoms with E-state index < -0.39 is 0 Å². The van der Waals surface area contributed by atoms with Crippen LogP contribution in [-0.4, -0.2) is 24.4 Å². The Morgan fingerprint density at radius 2 is 2.23 bits per heavy atom. The third-order valence-corrected chi connectivity index (χ3v) is 1.96. The number of Topliss-reactive ketones (excluding diaryl/α,β-unsaturated/α-hetero) is 1. The lowest BCUT2D eigenvalue weighted by Gasteiger charge is -2.10. The molecule has 66 valence electrons. The largest absolute Gasteiger partial charge is 0.494 e. The maximum absolute atomic E-state index is 11.3. The SMILES string of the molecule is COC1=CN=C2C(=O)CC(=O)C=C12. The summed E-state index contributed by atoms with van der Waals surface area (Å²) in [4.78, 5) is 26.2. The number of methoxy groups -OCH3 is 1. The van der Waals surface area contributed by atoms with E-state index in [0.29, 0.717) is 17.0 Å². The fourth-order valence-corrected chi connectivity index (χ4v) is 1.36. The first kappa shape index (κ1) is 7.91. The molecule has 1 aliphatic carbocycles. The van der Waals surface area contributed by atoms with E-state index in [1.165, 1.54) is 19.4 Å².